The molecule has 0 saturated carbocycles. The van der Waals surface area contributed by atoms with E-state index in [4.69, 9.17) is 4.74 Å². The molecule has 0 amide bonds. The van der Waals surface area contributed by atoms with Crippen LogP contribution in [0, 0.1) is 19.8 Å². The lowest BCUT2D eigenvalue weighted by atomic mass is 10.0. The van der Waals surface area contributed by atoms with E-state index in [1.165, 1.54) is 5.56 Å². The zero-order chi connectivity index (χ0) is 14.8. The third-order valence-corrected chi connectivity index (χ3v) is 4.55. The fourth-order valence-corrected chi connectivity index (χ4v) is 3.00. The molecule has 1 fully saturated rings. The Hall–Kier alpha value is -1.68. The average Bonchev–Trinajstić information content (AvgIpc) is 2.99. The second kappa shape index (κ2) is 5.98. The Balaban J connectivity index is 1.78. The molecule has 1 aromatic carbocycles. The van der Waals surface area contributed by atoms with Gasteiger partial charge >= 0.3 is 0 Å². The molecule has 0 aliphatic carbocycles. The molecular weight excluding hydrogens is 264 g/mol. The number of aromatic nitrogens is 2. The van der Waals surface area contributed by atoms with E-state index in [-0.39, 0.29) is 5.56 Å². The molecular formula is C17H22N2O2. The third-order valence-electron chi connectivity index (χ3n) is 4.55. The van der Waals surface area contributed by atoms with Crippen molar-refractivity contribution in [1.29, 1.82) is 0 Å². The predicted octanol–water partition coefficient (Wildman–Crippen LogP) is 2.83. The van der Waals surface area contributed by atoms with Crippen LogP contribution in [0.3, 0.4) is 0 Å². The van der Waals surface area contributed by atoms with Crippen LogP contribution in [0.1, 0.15) is 30.4 Å². The summed E-state index contributed by atoms with van der Waals surface area (Å²) in [4.78, 5) is 17.0. The number of fused-ring (bicyclic) bond motifs is 1. The molecule has 2 heterocycles. The van der Waals surface area contributed by atoms with Crippen molar-refractivity contribution in [2.45, 2.75) is 39.7 Å². The van der Waals surface area contributed by atoms with Crippen LogP contribution in [0.4, 0.5) is 0 Å². The van der Waals surface area contributed by atoms with Gasteiger partial charge in [0.15, 0.2) is 0 Å². The number of rotatable bonds is 4. The second-order valence-electron chi connectivity index (χ2n) is 6.02. The quantitative estimate of drug-likeness (QED) is 0.868. The summed E-state index contributed by atoms with van der Waals surface area (Å²) in [5, 5.41) is 0.727. The van der Waals surface area contributed by atoms with Crippen molar-refractivity contribution in [2.75, 3.05) is 13.2 Å². The van der Waals surface area contributed by atoms with Crippen molar-refractivity contribution < 1.29 is 4.74 Å². The minimum atomic E-state index is 0.0748. The summed E-state index contributed by atoms with van der Waals surface area (Å²) < 4.78 is 7.13. The fourth-order valence-electron chi connectivity index (χ4n) is 3.00. The number of aryl methyl sites for hydroxylation is 3. The summed E-state index contributed by atoms with van der Waals surface area (Å²) >= 11 is 0. The zero-order valence-electron chi connectivity index (χ0n) is 12.8. The molecule has 0 radical (unpaired) electrons. The molecule has 3 rings (SSSR count). The SMILES string of the molecule is Cc1ccc2c(=O)n(CCC[C@H]3CCOC3)cnc2c1C. The van der Waals surface area contributed by atoms with Gasteiger partial charge in [0.2, 0.25) is 0 Å². The van der Waals surface area contributed by atoms with Gasteiger partial charge in [0.1, 0.15) is 0 Å². The van der Waals surface area contributed by atoms with Crippen LogP contribution in [0.25, 0.3) is 10.9 Å². The lowest BCUT2D eigenvalue weighted by Crippen LogP contribution is -2.21. The van der Waals surface area contributed by atoms with Crippen molar-refractivity contribution in [3.05, 3.63) is 39.9 Å². The standard InChI is InChI=1S/C17H22N2O2/c1-12-5-6-15-16(13(12)2)18-11-19(17(15)20)8-3-4-14-7-9-21-10-14/h5-6,11,14H,3-4,7-10H2,1-2H3/t14-/m0/s1. The van der Waals surface area contributed by atoms with E-state index < -0.39 is 0 Å². The summed E-state index contributed by atoms with van der Waals surface area (Å²) in [5.74, 6) is 0.666. The molecule has 2 aromatic rings. The van der Waals surface area contributed by atoms with Crippen LogP contribution < -0.4 is 5.56 Å². The Kier molecular flexibility index (Phi) is 4.06. The molecule has 0 N–H and O–H groups in total. The number of benzene rings is 1. The first-order valence-corrected chi connectivity index (χ1v) is 7.70. The first-order valence-electron chi connectivity index (χ1n) is 7.70. The number of hydrogen-bond acceptors (Lipinski definition) is 3. The zero-order valence-corrected chi connectivity index (χ0v) is 12.8. The largest absolute Gasteiger partial charge is 0.381 e. The van der Waals surface area contributed by atoms with Gasteiger partial charge in [0, 0.05) is 19.8 Å². The first-order chi connectivity index (χ1) is 10.2. The monoisotopic (exact) mass is 286 g/mol. The number of hydrogen-bond donors (Lipinski definition) is 0. The van der Waals surface area contributed by atoms with E-state index in [1.807, 2.05) is 26.0 Å². The maximum Gasteiger partial charge on any atom is 0.261 e. The van der Waals surface area contributed by atoms with Crippen molar-refractivity contribution in [2.24, 2.45) is 5.92 Å². The van der Waals surface area contributed by atoms with Crippen LogP contribution in [0.5, 0.6) is 0 Å². The summed E-state index contributed by atoms with van der Waals surface area (Å²) in [6.45, 7) is 6.58. The smallest absolute Gasteiger partial charge is 0.261 e. The molecule has 1 aliphatic heterocycles. The van der Waals surface area contributed by atoms with Gasteiger partial charge in [-0.3, -0.25) is 9.36 Å². The lowest BCUT2D eigenvalue weighted by molar-refractivity contribution is 0.183. The average molecular weight is 286 g/mol. The van der Waals surface area contributed by atoms with E-state index in [0.717, 1.165) is 55.5 Å². The number of nitrogens with zero attached hydrogens (tertiary/aromatic N) is 2. The first kappa shape index (κ1) is 14.3. The van der Waals surface area contributed by atoms with Gasteiger partial charge in [-0.25, -0.2) is 4.98 Å². The van der Waals surface area contributed by atoms with Gasteiger partial charge < -0.3 is 4.74 Å². The van der Waals surface area contributed by atoms with E-state index in [1.54, 1.807) is 10.9 Å². The molecule has 0 spiro atoms. The maximum atomic E-state index is 12.5. The van der Waals surface area contributed by atoms with Gasteiger partial charge in [0.25, 0.3) is 5.56 Å². The van der Waals surface area contributed by atoms with Crippen LogP contribution in [-0.4, -0.2) is 22.8 Å². The van der Waals surface area contributed by atoms with Gasteiger partial charge in [0.05, 0.1) is 17.2 Å². The van der Waals surface area contributed by atoms with Crippen molar-refractivity contribution >= 4 is 10.9 Å². The van der Waals surface area contributed by atoms with Gasteiger partial charge in [-0.1, -0.05) is 6.07 Å². The van der Waals surface area contributed by atoms with Crippen LogP contribution >= 0.6 is 0 Å². The van der Waals surface area contributed by atoms with Crippen LogP contribution in [0.2, 0.25) is 0 Å². The van der Waals surface area contributed by atoms with Gasteiger partial charge in [-0.2, -0.15) is 0 Å². The molecule has 1 aromatic heterocycles. The summed E-state index contributed by atoms with van der Waals surface area (Å²) in [5.41, 5.74) is 3.18. The Morgan fingerprint density at radius 3 is 3.00 bits per heavy atom. The molecule has 21 heavy (non-hydrogen) atoms. The Morgan fingerprint density at radius 1 is 1.38 bits per heavy atom. The molecule has 1 aliphatic rings. The highest BCUT2D eigenvalue weighted by Gasteiger charge is 2.15. The maximum absolute atomic E-state index is 12.5. The molecule has 4 heteroatoms. The van der Waals surface area contributed by atoms with Crippen LogP contribution in [-0.2, 0) is 11.3 Å². The summed E-state index contributed by atoms with van der Waals surface area (Å²) in [6, 6.07) is 3.90. The molecule has 4 nitrogen and oxygen atoms in total. The Morgan fingerprint density at radius 2 is 2.24 bits per heavy atom. The highest BCUT2D eigenvalue weighted by molar-refractivity contribution is 5.81. The summed E-state index contributed by atoms with van der Waals surface area (Å²) in [6.07, 6.45) is 4.98. The number of ether oxygens (including phenoxy) is 1. The lowest BCUT2D eigenvalue weighted by Gasteiger charge is -2.10. The highest BCUT2D eigenvalue weighted by Crippen LogP contribution is 2.19. The molecule has 112 valence electrons. The second-order valence-corrected chi connectivity index (χ2v) is 6.02. The van der Waals surface area contributed by atoms with E-state index in [0.29, 0.717) is 5.92 Å². The molecule has 0 unspecified atom stereocenters. The minimum absolute atomic E-state index is 0.0748. The van der Waals surface area contributed by atoms with E-state index >= 15 is 0 Å². The predicted molar refractivity (Wildman–Crippen MR) is 83.6 cm³/mol. The fraction of sp³-hybridized carbons (Fsp3) is 0.529. The van der Waals surface area contributed by atoms with E-state index in [9.17, 15) is 4.79 Å². The highest BCUT2D eigenvalue weighted by atomic mass is 16.5. The topological polar surface area (TPSA) is 44.1 Å². The third kappa shape index (κ3) is 2.86. The van der Waals surface area contributed by atoms with Gasteiger partial charge in [-0.05, 0) is 56.2 Å². The minimum Gasteiger partial charge on any atom is -0.381 e. The van der Waals surface area contributed by atoms with Crippen molar-refractivity contribution in [1.82, 2.24) is 9.55 Å². The molecule has 1 saturated heterocycles. The Bertz CT molecular complexity index is 700. The normalized spacial score (nSPS) is 18.5. The summed E-state index contributed by atoms with van der Waals surface area (Å²) in [7, 11) is 0. The van der Waals surface area contributed by atoms with Crippen LogP contribution in [0.15, 0.2) is 23.3 Å². The van der Waals surface area contributed by atoms with E-state index in [2.05, 4.69) is 4.98 Å². The van der Waals surface area contributed by atoms with Crippen molar-refractivity contribution in [3.63, 3.8) is 0 Å². The molecule has 0 bridgehead atoms. The van der Waals surface area contributed by atoms with Gasteiger partial charge in [-0.15, -0.1) is 0 Å². The Labute approximate surface area is 124 Å². The molecule has 1 atom stereocenters. The van der Waals surface area contributed by atoms with Crippen molar-refractivity contribution in [3.8, 4) is 0 Å².